The summed E-state index contributed by atoms with van der Waals surface area (Å²) < 4.78 is 4.44. The molecule has 0 saturated heterocycles. The van der Waals surface area contributed by atoms with E-state index in [2.05, 4.69) is 28.7 Å². The van der Waals surface area contributed by atoms with Crippen LogP contribution in [-0.4, -0.2) is 11.5 Å². The summed E-state index contributed by atoms with van der Waals surface area (Å²) in [5.41, 5.74) is 1.26. The highest BCUT2D eigenvalue weighted by Gasteiger charge is 2.14. The van der Waals surface area contributed by atoms with E-state index in [0.29, 0.717) is 5.92 Å². The number of rotatable bonds is 0. The second kappa shape index (κ2) is 3.26. The fraction of sp³-hybridized carbons (Fsp3) is 0.444. The highest BCUT2D eigenvalue weighted by molar-refractivity contribution is 7.98. The predicted molar refractivity (Wildman–Crippen MR) is 50.9 cm³/mol. The van der Waals surface area contributed by atoms with Crippen LogP contribution in [0.4, 0.5) is 0 Å². The molecule has 0 bridgehead atoms. The Morgan fingerprint density at radius 2 is 2.45 bits per heavy atom. The third-order valence-corrected chi connectivity index (χ3v) is 2.83. The fourth-order valence-electron chi connectivity index (χ4n) is 1.40. The van der Waals surface area contributed by atoms with E-state index in [4.69, 9.17) is 0 Å². The van der Waals surface area contributed by atoms with Crippen molar-refractivity contribution in [2.45, 2.75) is 12.8 Å². The van der Waals surface area contributed by atoms with Gasteiger partial charge >= 0.3 is 0 Å². The molecule has 1 atom stereocenters. The summed E-state index contributed by atoms with van der Waals surface area (Å²) in [6.07, 6.45) is 11.1. The summed E-state index contributed by atoms with van der Waals surface area (Å²) in [6.45, 7) is 0. The average Bonchev–Trinajstić information content (AvgIpc) is 2.28. The minimum absolute atomic E-state index is 0.606. The minimum atomic E-state index is 0.606. The molecule has 0 radical (unpaired) electrons. The van der Waals surface area contributed by atoms with Crippen molar-refractivity contribution >= 4 is 17.7 Å². The summed E-state index contributed by atoms with van der Waals surface area (Å²) in [4.78, 5) is 0. The molecule has 1 nitrogen and oxygen atoms in total. The number of nitrogens with zero attached hydrogens (tertiary/aromatic N) is 1. The molecule has 58 valence electrons. The first kappa shape index (κ1) is 7.17. The predicted octanol–water partition coefficient (Wildman–Crippen LogP) is 2.61. The quantitative estimate of drug-likeness (QED) is 0.503. The Morgan fingerprint density at radius 3 is 3.45 bits per heavy atom. The molecule has 0 N–H and O–H groups in total. The van der Waals surface area contributed by atoms with Gasteiger partial charge in [-0.3, -0.25) is 0 Å². The van der Waals surface area contributed by atoms with Crippen LogP contribution in [-0.2, 0) is 0 Å². The van der Waals surface area contributed by atoms with E-state index in [0.717, 1.165) is 0 Å². The van der Waals surface area contributed by atoms with Crippen LogP contribution < -0.4 is 0 Å². The average molecular weight is 165 g/mol. The third-order valence-electron chi connectivity index (χ3n) is 2.02. The maximum absolute atomic E-state index is 4.44. The molecular formula is C9H11NS. The molecule has 11 heavy (non-hydrogen) atoms. The third kappa shape index (κ3) is 1.56. The lowest BCUT2D eigenvalue weighted by Gasteiger charge is -2.11. The Morgan fingerprint density at radius 1 is 1.45 bits per heavy atom. The van der Waals surface area contributed by atoms with Gasteiger partial charge in [0.05, 0.1) is 5.71 Å². The highest BCUT2D eigenvalue weighted by Crippen LogP contribution is 2.23. The topological polar surface area (TPSA) is 12.4 Å². The van der Waals surface area contributed by atoms with Crippen LogP contribution in [0.1, 0.15) is 12.8 Å². The Hall–Kier alpha value is -0.500. The summed E-state index contributed by atoms with van der Waals surface area (Å²) in [5.74, 6) is 1.79. The largest absolute Gasteiger partial charge is 0.221 e. The lowest BCUT2D eigenvalue weighted by Crippen LogP contribution is -2.10. The Kier molecular flexibility index (Phi) is 2.13. The van der Waals surface area contributed by atoms with Gasteiger partial charge in [-0.05, 0) is 30.9 Å². The van der Waals surface area contributed by atoms with Crippen LogP contribution in [0, 0.1) is 5.92 Å². The van der Waals surface area contributed by atoms with E-state index in [1.54, 1.807) is 11.9 Å². The molecule has 0 aromatic heterocycles. The van der Waals surface area contributed by atoms with Gasteiger partial charge in [0.1, 0.15) is 0 Å². The van der Waals surface area contributed by atoms with Gasteiger partial charge in [0, 0.05) is 11.7 Å². The van der Waals surface area contributed by atoms with Gasteiger partial charge in [0.2, 0.25) is 0 Å². The molecule has 1 unspecified atom stereocenters. The lowest BCUT2D eigenvalue weighted by molar-refractivity contribution is 0.733. The number of fused-ring (bicyclic) bond motifs is 1. The van der Waals surface area contributed by atoms with Crippen LogP contribution in [0.2, 0.25) is 0 Å². The zero-order chi connectivity index (χ0) is 7.52. The molecule has 2 aliphatic rings. The smallest absolute Gasteiger partial charge is 0.0555 e. The van der Waals surface area contributed by atoms with Crippen molar-refractivity contribution in [3.05, 3.63) is 24.3 Å². The van der Waals surface area contributed by atoms with Crippen molar-refractivity contribution in [3.8, 4) is 0 Å². The molecule has 0 fully saturated rings. The fourth-order valence-corrected chi connectivity index (χ4v) is 2.14. The minimum Gasteiger partial charge on any atom is -0.221 e. The van der Waals surface area contributed by atoms with Crippen molar-refractivity contribution in [3.63, 3.8) is 0 Å². The maximum Gasteiger partial charge on any atom is 0.0555 e. The Balaban J connectivity index is 2.21. The van der Waals surface area contributed by atoms with Crippen molar-refractivity contribution in [1.82, 2.24) is 0 Å². The van der Waals surface area contributed by atoms with Crippen LogP contribution in [0.5, 0.6) is 0 Å². The Bertz CT molecular complexity index is 228. The summed E-state index contributed by atoms with van der Waals surface area (Å²) >= 11 is 1.70. The van der Waals surface area contributed by atoms with E-state index in [9.17, 15) is 0 Å². The van der Waals surface area contributed by atoms with Crippen molar-refractivity contribution < 1.29 is 0 Å². The second-order valence-electron chi connectivity index (χ2n) is 2.84. The van der Waals surface area contributed by atoms with Crippen molar-refractivity contribution in [1.29, 1.82) is 0 Å². The molecule has 0 saturated carbocycles. The van der Waals surface area contributed by atoms with Crippen LogP contribution in [0.25, 0.3) is 0 Å². The zero-order valence-electron chi connectivity index (χ0n) is 6.36. The molecule has 1 aliphatic heterocycles. The van der Waals surface area contributed by atoms with Gasteiger partial charge in [0.25, 0.3) is 0 Å². The standard InChI is InChI=1S/C9H11NS/c1-2-6-9-8(4-1)5-3-7-11-10-9/h1-2,4,6,8H,3,5,7H2. The maximum atomic E-state index is 4.44. The van der Waals surface area contributed by atoms with E-state index in [-0.39, 0.29) is 0 Å². The van der Waals surface area contributed by atoms with Gasteiger partial charge in [-0.2, -0.15) is 0 Å². The van der Waals surface area contributed by atoms with Gasteiger partial charge in [0.15, 0.2) is 0 Å². The molecule has 0 aromatic carbocycles. The summed E-state index contributed by atoms with van der Waals surface area (Å²) in [7, 11) is 0. The van der Waals surface area contributed by atoms with Gasteiger partial charge in [-0.15, -0.1) is 0 Å². The monoisotopic (exact) mass is 165 g/mol. The van der Waals surface area contributed by atoms with Crippen LogP contribution in [0.15, 0.2) is 28.7 Å². The molecule has 1 aliphatic carbocycles. The second-order valence-corrected chi connectivity index (χ2v) is 3.69. The van der Waals surface area contributed by atoms with E-state index < -0.39 is 0 Å². The van der Waals surface area contributed by atoms with Crippen molar-refractivity contribution in [2.75, 3.05) is 5.75 Å². The number of hydrogen-bond acceptors (Lipinski definition) is 2. The molecule has 0 spiro atoms. The van der Waals surface area contributed by atoms with E-state index in [1.165, 1.54) is 24.3 Å². The molecule has 0 aromatic rings. The molecule has 2 heteroatoms. The molecule has 1 heterocycles. The number of hydrogen-bond donors (Lipinski definition) is 0. The molecule has 2 rings (SSSR count). The van der Waals surface area contributed by atoms with Gasteiger partial charge in [-0.25, -0.2) is 4.40 Å². The SMILES string of the molecule is C1=CC2=NSCCCC2C=C1. The molecule has 0 amide bonds. The zero-order valence-corrected chi connectivity index (χ0v) is 7.18. The van der Waals surface area contributed by atoms with Crippen molar-refractivity contribution in [2.24, 2.45) is 10.3 Å². The Labute approximate surface area is 71.4 Å². The highest BCUT2D eigenvalue weighted by atomic mass is 32.2. The van der Waals surface area contributed by atoms with Gasteiger partial charge < -0.3 is 0 Å². The van der Waals surface area contributed by atoms with E-state index in [1.807, 2.05) is 0 Å². The normalized spacial score (nSPS) is 29.1. The van der Waals surface area contributed by atoms with Gasteiger partial charge in [-0.1, -0.05) is 18.2 Å². The van der Waals surface area contributed by atoms with Crippen LogP contribution >= 0.6 is 11.9 Å². The molecular weight excluding hydrogens is 154 g/mol. The van der Waals surface area contributed by atoms with E-state index >= 15 is 0 Å². The van der Waals surface area contributed by atoms with Crippen LogP contribution in [0.3, 0.4) is 0 Å². The summed E-state index contributed by atoms with van der Waals surface area (Å²) in [5, 5.41) is 0. The number of allylic oxidation sites excluding steroid dienone is 4. The first-order chi connectivity index (χ1) is 5.47. The first-order valence-electron chi connectivity index (χ1n) is 4.01. The first-order valence-corrected chi connectivity index (χ1v) is 4.96. The lowest BCUT2D eigenvalue weighted by atomic mass is 9.94. The summed E-state index contributed by atoms with van der Waals surface area (Å²) in [6, 6.07) is 0.